The lowest BCUT2D eigenvalue weighted by Crippen LogP contribution is -2.16. The molecule has 1 fully saturated rings. The van der Waals surface area contributed by atoms with Crippen molar-refractivity contribution in [2.24, 2.45) is 0 Å². The minimum absolute atomic E-state index is 0.0306. The largest absolute Gasteiger partial charge is 0.490 e. The lowest BCUT2D eigenvalue weighted by molar-refractivity contribution is -0.136. The topological polar surface area (TPSA) is 46.5 Å². The van der Waals surface area contributed by atoms with Gasteiger partial charge >= 0.3 is 5.97 Å². The van der Waals surface area contributed by atoms with Gasteiger partial charge in [0.1, 0.15) is 5.75 Å². The molecular formula is C15H20O3. The Morgan fingerprint density at radius 1 is 1.17 bits per heavy atom. The third kappa shape index (κ3) is 3.76. The van der Waals surface area contributed by atoms with Crippen LogP contribution in [0, 0.1) is 0 Å². The summed E-state index contributed by atoms with van der Waals surface area (Å²) in [4.78, 5) is 10.8. The molecule has 0 spiro atoms. The zero-order chi connectivity index (χ0) is 12.8. The first-order valence-electron chi connectivity index (χ1n) is 6.72. The molecule has 2 rings (SSSR count). The van der Waals surface area contributed by atoms with Crippen molar-refractivity contribution in [2.45, 2.75) is 51.0 Å². The summed E-state index contributed by atoms with van der Waals surface area (Å²) < 4.78 is 6.00. The maximum Gasteiger partial charge on any atom is 0.307 e. The van der Waals surface area contributed by atoms with E-state index in [1.165, 1.54) is 25.7 Å². The van der Waals surface area contributed by atoms with Gasteiger partial charge in [0.15, 0.2) is 0 Å². The van der Waals surface area contributed by atoms with Gasteiger partial charge in [-0.1, -0.05) is 31.0 Å². The Kier molecular flexibility index (Phi) is 4.62. The number of ether oxygens (including phenoxy) is 1. The molecule has 1 N–H and O–H groups in total. The van der Waals surface area contributed by atoms with Crippen molar-refractivity contribution < 1.29 is 14.6 Å². The summed E-state index contributed by atoms with van der Waals surface area (Å²) in [5.41, 5.74) is 0.772. The van der Waals surface area contributed by atoms with E-state index in [2.05, 4.69) is 0 Å². The molecule has 1 aliphatic rings. The standard InChI is InChI=1S/C15H20O3/c16-15(17)11-12-7-5-6-10-14(12)18-13-8-3-1-2-4-9-13/h5-7,10,13H,1-4,8-9,11H2,(H,16,17). The molecule has 3 heteroatoms. The molecule has 0 bridgehead atoms. The van der Waals surface area contributed by atoms with Gasteiger partial charge < -0.3 is 9.84 Å². The summed E-state index contributed by atoms with van der Waals surface area (Å²) in [6.45, 7) is 0. The molecular weight excluding hydrogens is 228 g/mol. The number of carboxylic acid groups (broad SMARTS) is 1. The van der Waals surface area contributed by atoms with E-state index in [4.69, 9.17) is 9.84 Å². The Balaban J connectivity index is 2.04. The Morgan fingerprint density at radius 3 is 2.50 bits per heavy atom. The molecule has 0 aliphatic heterocycles. The van der Waals surface area contributed by atoms with Gasteiger partial charge in [-0.25, -0.2) is 0 Å². The predicted molar refractivity (Wildman–Crippen MR) is 69.9 cm³/mol. The molecule has 1 aromatic carbocycles. The van der Waals surface area contributed by atoms with Crippen molar-refractivity contribution in [1.29, 1.82) is 0 Å². The molecule has 0 heterocycles. The normalized spacial score (nSPS) is 17.1. The SMILES string of the molecule is O=C(O)Cc1ccccc1OC1CCCCCC1. The maximum absolute atomic E-state index is 10.8. The maximum atomic E-state index is 10.8. The predicted octanol–water partition coefficient (Wildman–Crippen LogP) is 3.42. The van der Waals surface area contributed by atoms with Crippen LogP contribution in [0.15, 0.2) is 24.3 Å². The first-order valence-corrected chi connectivity index (χ1v) is 6.72. The molecule has 1 aliphatic carbocycles. The fraction of sp³-hybridized carbons (Fsp3) is 0.533. The Bertz CT molecular complexity index is 392. The highest BCUT2D eigenvalue weighted by Crippen LogP contribution is 2.25. The minimum atomic E-state index is -0.813. The molecule has 0 unspecified atom stereocenters. The smallest absolute Gasteiger partial charge is 0.307 e. The highest BCUT2D eigenvalue weighted by molar-refractivity contribution is 5.71. The van der Waals surface area contributed by atoms with Crippen LogP contribution >= 0.6 is 0 Å². The second-order valence-corrected chi connectivity index (χ2v) is 4.91. The molecule has 1 saturated carbocycles. The third-order valence-corrected chi connectivity index (χ3v) is 3.41. The van der Waals surface area contributed by atoms with E-state index in [0.29, 0.717) is 0 Å². The van der Waals surface area contributed by atoms with Gasteiger partial charge in [-0.3, -0.25) is 4.79 Å². The first kappa shape index (κ1) is 12.9. The second kappa shape index (κ2) is 6.43. The number of rotatable bonds is 4. The van der Waals surface area contributed by atoms with Crippen LogP contribution in [0.3, 0.4) is 0 Å². The molecule has 3 nitrogen and oxygen atoms in total. The van der Waals surface area contributed by atoms with Crippen LogP contribution in [0.4, 0.5) is 0 Å². The van der Waals surface area contributed by atoms with Crippen molar-refractivity contribution in [3.63, 3.8) is 0 Å². The summed E-state index contributed by atoms with van der Waals surface area (Å²) in [6.07, 6.45) is 7.46. The molecule has 0 amide bonds. The Hall–Kier alpha value is -1.51. The first-order chi connectivity index (χ1) is 8.75. The fourth-order valence-electron chi connectivity index (χ4n) is 2.47. The van der Waals surface area contributed by atoms with Crippen molar-refractivity contribution in [3.05, 3.63) is 29.8 Å². The molecule has 98 valence electrons. The zero-order valence-electron chi connectivity index (χ0n) is 10.6. The lowest BCUT2D eigenvalue weighted by atomic mass is 10.1. The van der Waals surface area contributed by atoms with E-state index in [9.17, 15) is 4.79 Å². The highest BCUT2D eigenvalue weighted by atomic mass is 16.5. The number of carbonyl (C=O) groups is 1. The zero-order valence-corrected chi connectivity index (χ0v) is 10.6. The van der Waals surface area contributed by atoms with Gasteiger partial charge in [0, 0.05) is 5.56 Å². The van der Waals surface area contributed by atoms with Crippen molar-refractivity contribution in [1.82, 2.24) is 0 Å². The molecule has 1 aromatic rings. The number of aliphatic carboxylic acids is 1. The molecule has 0 radical (unpaired) electrons. The Morgan fingerprint density at radius 2 is 1.83 bits per heavy atom. The number of benzene rings is 1. The highest BCUT2D eigenvalue weighted by Gasteiger charge is 2.16. The van der Waals surface area contributed by atoms with Gasteiger partial charge in [-0.05, 0) is 31.7 Å². The molecule has 0 saturated heterocycles. The van der Waals surface area contributed by atoms with E-state index in [1.54, 1.807) is 0 Å². The summed E-state index contributed by atoms with van der Waals surface area (Å²) in [5.74, 6) is -0.0706. The number of hydrogen-bond donors (Lipinski definition) is 1. The van der Waals surface area contributed by atoms with Crippen LogP contribution in [0.2, 0.25) is 0 Å². The van der Waals surface area contributed by atoms with E-state index in [-0.39, 0.29) is 12.5 Å². The summed E-state index contributed by atoms with van der Waals surface area (Å²) in [6, 6.07) is 7.47. The van der Waals surface area contributed by atoms with Crippen LogP contribution in [0.5, 0.6) is 5.75 Å². The van der Waals surface area contributed by atoms with Gasteiger partial charge in [0.25, 0.3) is 0 Å². The quantitative estimate of drug-likeness (QED) is 0.830. The Labute approximate surface area is 108 Å². The summed E-state index contributed by atoms with van der Waals surface area (Å²) >= 11 is 0. The minimum Gasteiger partial charge on any atom is -0.490 e. The fourth-order valence-corrected chi connectivity index (χ4v) is 2.47. The summed E-state index contributed by atoms with van der Waals surface area (Å²) in [7, 11) is 0. The molecule has 0 atom stereocenters. The van der Waals surface area contributed by atoms with Crippen molar-refractivity contribution in [3.8, 4) is 5.75 Å². The number of hydrogen-bond acceptors (Lipinski definition) is 2. The van der Waals surface area contributed by atoms with Crippen molar-refractivity contribution in [2.75, 3.05) is 0 Å². The van der Waals surface area contributed by atoms with Gasteiger partial charge in [-0.2, -0.15) is 0 Å². The van der Waals surface area contributed by atoms with Crippen LogP contribution in [-0.4, -0.2) is 17.2 Å². The van der Waals surface area contributed by atoms with Gasteiger partial charge in [0.2, 0.25) is 0 Å². The lowest BCUT2D eigenvalue weighted by Gasteiger charge is -2.19. The van der Waals surface area contributed by atoms with Crippen LogP contribution in [-0.2, 0) is 11.2 Å². The number of para-hydroxylation sites is 1. The van der Waals surface area contributed by atoms with E-state index in [0.717, 1.165) is 24.2 Å². The second-order valence-electron chi connectivity index (χ2n) is 4.91. The molecule has 18 heavy (non-hydrogen) atoms. The van der Waals surface area contributed by atoms with Crippen LogP contribution in [0.1, 0.15) is 44.1 Å². The number of carboxylic acids is 1. The third-order valence-electron chi connectivity index (χ3n) is 3.41. The average Bonchev–Trinajstić information content (AvgIpc) is 2.60. The average molecular weight is 248 g/mol. The monoisotopic (exact) mass is 248 g/mol. The summed E-state index contributed by atoms with van der Waals surface area (Å²) in [5, 5.41) is 8.89. The van der Waals surface area contributed by atoms with E-state index in [1.807, 2.05) is 24.3 Å². The van der Waals surface area contributed by atoms with Crippen molar-refractivity contribution >= 4 is 5.97 Å². The van der Waals surface area contributed by atoms with E-state index >= 15 is 0 Å². The van der Waals surface area contributed by atoms with Gasteiger partial charge in [0.05, 0.1) is 12.5 Å². The molecule has 0 aromatic heterocycles. The van der Waals surface area contributed by atoms with Gasteiger partial charge in [-0.15, -0.1) is 0 Å². The van der Waals surface area contributed by atoms with Crippen LogP contribution < -0.4 is 4.74 Å². The van der Waals surface area contributed by atoms with E-state index < -0.39 is 5.97 Å². The van der Waals surface area contributed by atoms with Crippen LogP contribution in [0.25, 0.3) is 0 Å².